The Hall–Kier alpha value is -2.86. The molecule has 0 aliphatic rings. The SMILES string of the molecule is COc1cccc(/C=C/C(=O)N(C)[C@H](C)c2nc3ccccc3s2)c1OC. The quantitative estimate of drug-likeness (QED) is 0.587. The molecular weight excluding hydrogens is 360 g/mol. The highest BCUT2D eigenvalue weighted by Crippen LogP contribution is 2.32. The number of fused-ring (bicyclic) bond motifs is 1. The molecule has 0 N–H and O–H groups in total. The molecule has 27 heavy (non-hydrogen) atoms. The van der Waals surface area contributed by atoms with Gasteiger partial charge in [-0.1, -0.05) is 24.3 Å². The number of methoxy groups -OCH3 is 2. The average Bonchev–Trinajstić information content (AvgIpc) is 3.14. The number of aromatic nitrogens is 1. The second kappa shape index (κ2) is 8.22. The molecule has 3 aromatic rings. The number of thiazole rings is 1. The maximum absolute atomic E-state index is 12.6. The van der Waals surface area contributed by atoms with E-state index in [1.165, 1.54) is 0 Å². The van der Waals surface area contributed by atoms with Crippen LogP contribution in [0.4, 0.5) is 0 Å². The van der Waals surface area contributed by atoms with Gasteiger partial charge < -0.3 is 14.4 Å². The van der Waals surface area contributed by atoms with Crippen molar-refractivity contribution in [1.29, 1.82) is 0 Å². The monoisotopic (exact) mass is 382 g/mol. The summed E-state index contributed by atoms with van der Waals surface area (Å²) < 4.78 is 11.8. The van der Waals surface area contributed by atoms with Gasteiger partial charge in [-0.2, -0.15) is 0 Å². The molecular formula is C21H22N2O3S. The number of carbonyl (C=O) groups excluding carboxylic acids is 1. The molecule has 0 unspecified atom stereocenters. The molecule has 0 saturated carbocycles. The summed E-state index contributed by atoms with van der Waals surface area (Å²) >= 11 is 1.61. The van der Waals surface area contributed by atoms with Crippen molar-refractivity contribution in [3.63, 3.8) is 0 Å². The van der Waals surface area contributed by atoms with Gasteiger partial charge >= 0.3 is 0 Å². The normalized spacial score (nSPS) is 12.3. The van der Waals surface area contributed by atoms with Crippen LogP contribution in [-0.2, 0) is 4.79 Å². The predicted octanol–water partition coefficient (Wildman–Crippen LogP) is 4.55. The predicted molar refractivity (Wildman–Crippen MR) is 109 cm³/mol. The Bertz CT molecular complexity index is 947. The molecule has 0 radical (unpaired) electrons. The lowest BCUT2D eigenvalue weighted by molar-refractivity contribution is -0.126. The van der Waals surface area contributed by atoms with Crippen molar-refractivity contribution in [3.8, 4) is 11.5 Å². The van der Waals surface area contributed by atoms with E-state index in [1.807, 2.05) is 49.4 Å². The number of carbonyl (C=O) groups is 1. The molecule has 1 amide bonds. The van der Waals surface area contributed by atoms with Gasteiger partial charge in [-0.3, -0.25) is 4.79 Å². The van der Waals surface area contributed by atoms with Gasteiger partial charge in [-0.05, 0) is 31.2 Å². The summed E-state index contributed by atoms with van der Waals surface area (Å²) in [6.45, 7) is 1.98. The van der Waals surface area contributed by atoms with Gasteiger partial charge in [0.15, 0.2) is 11.5 Å². The van der Waals surface area contributed by atoms with Crippen molar-refractivity contribution in [2.75, 3.05) is 21.3 Å². The first kappa shape index (κ1) is 18.9. The van der Waals surface area contributed by atoms with Crippen molar-refractivity contribution < 1.29 is 14.3 Å². The third-order valence-corrected chi connectivity index (χ3v) is 5.64. The lowest BCUT2D eigenvalue weighted by Gasteiger charge is -2.21. The molecule has 3 rings (SSSR count). The highest BCUT2D eigenvalue weighted by atomic mass is 32.1. The number of hydrogen-bond donors (Lipinski definition) is 0. The Morgan fingerprint density at radius 2 is 1.93 bits per heavy atom. The highest BCUT2D eigenvalue weighted by molar-refractivity contribution is 7.18. The number of hydrogen-bond acceptors (Lipinski definition) is 5. The Balaban J connectivity index is 1.78. The van der Waals surface area contributed by atoms with E-state index in [0.29, 0.717) is 11.5 Å². The first-order valence-electron chi connectivity index (χ1n) is 8.56. The maximum Gasteiger partial charge on any atom is 0.246 e. The third kappa shape index (κ3) is 3.95. The molecule has 2 aromatic carbocycles. The first-order chi connectivity index (χ1) is 13.0. The van der Waals surface area contributed by atoms with E-state index in [-0.39, 0.29) is 11.9 Å². The van der Waals surface area contributed by atoms with Gasteiger partial charge in [-0.25, -0.2) is 4.98 Å². The fourth-order valence-corrected chi connectivity index (χ4v) is 3.81. The van der Waals surface area contributed by atoms with Crippen LogP contribution in [0.1, 0.15) is 23.5 Å². The zero-order valence-electron chi connectivity index (χ0n) is 15.8. The minimum Gasteiger partial charge on any atom is -0.493 e. The number of likely N-dealkylation sites (N-methyl/N-ethyl adjacent to an activating group) is 1. The number of nitrogens with zero attached hydrogens (tertiary/aromatic N) is 2. The molecule has 0 bridgehead atoms. The smallest absolute Gasteiger partial charge is 0.246 e. The van der Waals surface area contributed by atoms with Crippen LogP contribution >= 0.6 is 11.3 Å². The maximum atomic E-state index is 12.6. The van der Waals surface area contributed by atoms with Gasteiger partial charge in [0.05, 0.1) is 30.5 Å². The molecule has 0 aliphatic carbocycles. The summed E-state index contributed by atoms with van der Waals surface area (Å²) in [7, 11) is 4.95. The van der Waals surface area contributed by atoms with Crippen LogP contribution in [0.15, 0.2) is 48.5 Å². The van der Waals surface area contributed by atoms with Crippen LogP contribution in [0.2, 0.25) is 0 Å². The standard InChI is InChI=1S/C21H22N2O3S/c1-14(21-22-16-9-5-6-11-18(16)27-21)23(2)19(24)13-12-15-8-7-10-17(25-3)20(15)26-4/h5-14H,1-4H3/b13-12+/t14-/m1/s1. The topological polar surface area (TPSA) is 51.7 Å². The molecule has 6 heteroatoms. The van der Waals surface area contributed by atoms with Crippen molar-refractivity contribution in [3.05, 3.63) is 59.1 Å². The van der Waals surface area contributed by atoms with Crippen molar-refractivity contribution in [2.45, 2.75) is 13.0 Å². The number of ether oxygens (including phenoxy) is 2. The lowest BCUT2D eigenvalue weighted by Crippen LogP contribution is -2.27. The molecule has 1 heterocycles. The zero-order valence-corrected chi connectivity index (χ0v) is 16.6. The Morgan fingerprint density at radius 1 is 1.15 bits per heavy atom. The van der Waals surface area contributed by atoms with E-state index in [4.69, 9.17) is 9.47 Å². The Labute approximate surface area is 162 Å². The Kier molecular flexibility index (Phi) is 5.76. The fourth-order valence-electron chi connectivity index (χ4n) is 2.75. The van der Waals surface area contributed by atoms with Gasteiger partial charge in [0, 0.05) is 18.7 Å². The van der Waals surface area contributed by atoms with E-state index in [1.54, 1.807) is 49.7 Å². The number of benzene rings is 2. The molecule has 5 nitrogen and oxygen atoms in total. The van der Waals surface area contributed by atoms with Gasteiger partial charge in [-0.15, -0.1) is 11.3 Å². The van der Waals surface area contributed by atoms with E-state index in [0.717, 1.165) is 20.8 Å². The van der Waals surface area contributed by atoms with E-state index in [9.17, 15) is 4.79 Å². The summed E-state index contributed by atoms with van der Waals surface area (Å²) in [4.78, 5) is 19.0. The van der Waals surface area contributed by atoms with E-state index < -0.39 is 0 Å². The van der Waals surface area contributed by atoms with Crippen molar-refractivity contribution in [1.82, 2.24) is 9.88 Å². The number of para-hydroxylation sites is 2. The molecule has 1 atom stereocenters. The van der Waals surface area contributed by atoms with Crippen LogP contribution in [0.3, 0.4) is 0 Å². The molecule has 0 fully saturated rings. The van der Waals surface area contributed by atoms with Gasteiger partial charge in [0.1, 0.15) is 5.01 Å². The van der Waals surface area contributed by atoms with Gasteiger partial charge in [0.25, 0.3) is 0 Å². The molecule has 140 valence electrons. The van der Waals surface area contributed by atoms with Crippen molar-refractivity contribution in [2.24, 2.45) is 0 Å². The third-order valence-electron chi connectivity index (χ3n) is 4.44. The van der Waals surface area contributed by atoms with E-state index in [2.05, 4.69) is 4.98 Å². The van der Waals surface area contributed by atoms with Crippen LogP contribution in [0.5, 0.6) is 11.5 Å². The van der Waals surface area contributed by atoms with E-state index >= 15 is 0 Å². The second-order valence-corrected chi connectivity index (χ2v) is 7.12. The first-order valence-corrected chi connectivity index (χ1v) is 9.38. The number of rotatable bonds is 6. The van der Waals surface area contributed by atoms with Gasteiger partial charge in [0.2, 0.25) is 5.91 Å². The summed E-state index contributed by atoms with van der Waals surface area (Å²) in [5.41, 5.74) is 1.74. The van der Waals surface area contributed by atoms with Crippen LogP contribution in [0.25, 0.3) is 16.3 Å². The number of amides is 1. The fraction of sp³-hybridized carbons (Fsp3) is 0.238. The zero-order chi connectivity index (χ0) is 19.4. The molecule has 1 aromatic heterocycles. The average molecular weight is 382 g/mol. The second-order valence-electron chi connectivity index (χ2n) is 6.06. The minimum atomic E-state index is -0.119. The minimum absolute atomic E-state index is 0.105. The van der Waals surface area contributed by atoms with Crippen LogP contribution in [-0.4, -0.2) is 37.1 Å². The summed E-state index contributed by atoms with van der Waals surface area (Å²) in [6, 6.07) is 13.4. The summed E-state index contributed by atoms with van der Waals surface area (Å²) in [5, 5.41) is 0.916. The Morgan fingerprint density at radius 3 is 2.63 bits per heavy atom. The van der Waals surface area contributed by atoms with Crippen molar-refractivity contribution >= 4 is 33.5 Å². The molecule has 0 aliphatic heterocycles. The van der Waals surface area contributed by atoms with Crippen LogP contribution < -0.4 is 9.47 Å². The largest absolute Gasteiger partial charge is 0.493 e. The molecule has 0 saturated heterocycles. The summed E-state index contributed by atoms with van der Waals surface area (Å²) in [6.07, 6.45) is 3.28. The lowest BCUT2D eigenvalue weighted by atomic mass is 10.1. The highest BCUT2D eigenvalue weighted by Gasteiger charge is 2.19. The molecule has 0 spiro atoms. The van der Waals surface area contributed by atoms with Crippen LogP contribution in [0, 0.1) is 0 Å². The summed E-state index contributed by atoms with van der Waals surface area (Å²) in [5.74, 6) is 1.13.